The van der Waals surface area contributed by atoms with Crippen molar-refractivity contribution in [2.45, 2.75) is 36.3 Å². The summed E-state index contributed by atoms with van der Waals surface area (Å²) in [6, 6.07) is 12.9. The molecule has 4 rings (SSSR count). The number of para-hydroxylation sites is 1. The predicted octanol–water partition coefficient (Wildman–Crippen LogP) is 3.67. The highest BCUT2D eigenvalue weighted by Crippen LogP contribution is 2.36. The van der Waals surface area contributed by atoms with Gasteiger partial charge in [-0.2, -0.15) is 0 Å². The molecule has 2 N–H and O–H groups in total. The number of nitrogens with one attached hydrogen (secondary N) is 2. The van der Waals surface area contributed by atoms with Gasteiger partial charge in [-0.15, -0.1) is 11.8 Å². The fraction of sp³-hybridized carbons (Fsp3) is 0.318. The second-order valence-corrected chi connectivity index (χ2v) is 8.57. The standard InChI is InChI=1S/C22H23N3O3S/c1-14-15(22(28)25-11-4-5-12-25)7-6-9-16(14)23-20(26)13-19-21(27)24-17-8-2-3-10-18(17)29-19/h2-3,6-10,19H,4-5,11-13H2,1H3,(H,23,26)(H,24,27). The highest BCUT2D eigenvalue weighted by molar-refractivity contribution is 8.01. The van der Waals surface area contributed by atoms with E-state index in [1.165, 1.54) is 11.8 Å². The summed E-state index contributed by atoms with van der Waals surface area (Å²) in [6.07, 6.45) is 2.13. The number of hydrogen-bond acceptors (Lipinski definition) is 4. The van der Waals surface area contributed by atoms with Crippen molar-refractivity contribution in [2.75, 3.05) is 23.7 Å². The van der Waals surface area contributed by atoms with E-state index in [4.69, 9.17) is 0 Å². The lowest BCUT2D eigenvalue weighted by molar-refractivity contribution is -0.120. The molecule has 2 heterocycles. The summed E-state index contributed by atoms with van der Waals surface area (Å²) in [4.78, 5) is 40.5. The van der Waals surface area contributed by atoms with Crippen molar-refractivity contribution in [1.29, 1.82) is 0 Å². The predicted molar refractivity (Wildman–Crippen MR) is 114 cm³/mol. The fourth-order valence-corrected chi connectivity index (χ4v) is 4.80. The van der Waals surface area contributed by atoms with Crippen LogP contribution in [0.4, 0.5) is 11.4 Å². The van der Waals surface area contributed by atoms with Crippen molar-refractivity contribution in [2.24, 2.45) is 0 Å². The largest absolute Gasteiger partial charge is 0.339 e. The maximum absolute atomic E-state index is 12.7. The normalized spacial score (nSPS) is 18.2. The number of anilines is 2. The zero-order chi connectivity index (χ0) is 20.4. The smallest absolute Gasteiger partial charge is 0.254 e. The molecule has 1 atom stereocenters. The third kappa shape index (κ3) is 4.15. The van der Waals surface area contributed by atoms with Gasteiger partial charge in [-0.1, -0.05) is 18.2 Å². The summed E-state index contributed by atoms with van der Waals surface area (Å²) in [5, 5.41) is 5.25. The van der Waals surface area contributed by atoms with Crippen molar-refractivity contribution in [3.05, 3.63) is 53.6 Å². The van der Waals surface area contributed by atoms with Crippen molar-refractivity contribution in [3.63, 3.8) is 0 Å². The Hall–Kier alpha value is -2.80. The fourth-order valence-electron chi connectivity index (χ4n) is 3.69. The van der Waals surface area contributed by atoms with Gasteiger partial charge in [0, 0.05) is 35.7 Å². The van der Waals surface area contributed by atoms with Crippen LogP contribution < -0.4 is 10.6 Å². The summed E-state index contributed by atoms with van der Waals surface area (Å²) in [6.45, 7) is 3.41. The summed E-state index contributed by atoms with van der Waals surface area (Å²) in [5.74, 6) is -0.403. The first-order chi connectivity index (χ1) is 14.0. The quantitative estimate of drug-likeness (QED) is 0.808. The van der Waals surface area contributed by atoms with Crippen LogP contribution in [0.1, 0.15) is 35.2 Å². The molecule has 1 fully saturated rings. The van der Waals surface area contributed by atoms with E-state index in [1.807, 2.05) is 36.1 Å². The Balaban J connectivity index is 1.44. The first-order valence-corrected chi connectivity index (χ1v) is 10.7. The summed E-state index contributed by atoms with van der Waals surface area (Å²) >= 11 is 1.40. The van der Waals surface area contributed by atoms with Crippen LogP contribution in [0.25, 0.3) is 0 Å². The van der Waals surface area contributed by atoms with Crippen LogP contribution in [-0.2, 0) is 9.59 Å². The first-order valence-electron chi connectivity index (χ1n) is 9.78. The molecule has 2 aliphatic heterocycles. The Morgan fingerprint density at radius 3 is 2.69 bits per heavy atom. The number of carbonyl (C=O) groups excluding carboxylic acids is 3. The van der Waals surface area contributed by atoms with Gasteiger partial charge >= 0.3 is 0 Å². The molecule has 0 spiro atoms. The maximum atomic E-state index is 12.7. The highest BCUT2D eigenvalue weighted by atomic mass is 32.2. The van der Waals surface area contributed by atoms with Gasteiger partial charge in [0.25, 0.3) is 5.91 Å². The number of thioether (sulfide) groups is 1. The van der Waals surface area contributed by atoms with Gasteiger partial charge in [0.05, 0.1) is 10.9 Å². The number of fused-ring (bicyclic) bond motifs is 1. The van der Waals surface area contributed by atoms with E-state index in [0.29, 0.717) is 11.3 Å². The molecule has 1 saturated heterocycles. The van der Waals surface area contributed by atoms with Gasteiger partial charge < -0.3 is 15.5 Å². The van der Waals surface area contributed by atoms with Gasteiger partial charge in [-0.05, 0) is 49.6 Å². The van der Waals surface area contributed by atoms with Crippen molar-refractivity contribution in [1.82, 2.24) is 4.90 Å². The Morgan fingerprint density at radius 1 is 1.14 bits per heavy atom. The van der Waals surface area contributed by atoms with Crippen LogP contribution in [0.15, 0.2) is 47.4 Å². The van der Waals surface area contributed by atoms with Crippen molar-refractivity contribution < 1.29 is 14.4 Å². The topological polar surface area (TPSA) is 78.5 Å². The van der Waals surface area contributed by atoms with Crippen LogP contribution in [0.5, 0.6) is 0 Å². The zero-order valence-electron chi connectivity index (χ0n) is 16.2. The van der Waals surface area contributed by atoms with Crippen LogP contribution >= 0.6 is 11.8 Å². The number of likely N-dealkylation sites (tertiary alicyclic amines) is 1. The lowest BCUT2D eigenvalue weighted by Gasteiger charge is -2.23. The van der Waals surface area contributed by atoms with E-state index >= 15 is 0 Å². The average Bonchev–Trinajstić information content (AvgIpc) is 3.24. The average molecular weight is 410 g/mol. The first kappa shape index (κ1) is 19.5. The lowest BCUT2D eigenvalue weighted by atomic mass is 10.1. The molecule has 2 aromatic carbocycles. The van der Waals surface area contributed by atoms with Gasteiger partial charge in [0.15, 0.2) is 0 Å². The molecule has 150 valence electrons. The summed E-state index contributed by atoms with van der Waals surface area (Å²) in [7, 11) is 0. The molecule has 0 bridgehead atoms. The second-order valence-electron chi connectivity index (χ2n) is 7.32. The summed E-state index contributed by atoms with van der Waals surface area (Å²) < 4.78 is 0. The maximum Gasteiger partial charge on any atom is 0.254 e. The lowest BCUT2D eigenvalue weighted by Crippen LogP contribution is -2.32. The monoisotopic (exact) mass is 409 g/mol. The molecule has 0 aliphatic carbocycles. The van der Waals surface area contributed by atoms with E-state index in [0.717, 1.165) is 42.1 Å². The minimum Gasteiger partial charge on any atom is -0.339 e. The van der Waals surface area contributed by atoms with E-state index in [-0.39, 0.29) is 24.1 Å². The number of carbonyl (C=O) groups is 3. The molecular formula is C22H23N3O3S. The Labute approximate surface area is 174 Å². The number of benzene rings is 2. The summed E-state index contributed by atoms with van der Waals surface area (Å²) in [5.41, 5.74) is 2.76. The zero-order valence-corrected chi connectivity index (χ0v) is 17.1. The van der Waals surface area contributed by atoms with Gasteiger partial charge in [0.2, 0.25) is 11.8 Å². The van der Waals surface area contributed by atoms with Crippen LogP contribution in [0.3, 0.4) is 0 Å². The molecule has 6 nitrogen and oxygen atoms in total. The van der Waals surface area contributed by atoms with Gasteiger partial charge in [-0.25, -0.2) is 0 Å². The third-order valence-corrected chi connectivity index (χ3v) is 6.58. The van der Waals surface area contributed by atoms with Gasteiger partial charge in [-0.3, -0.25) is 14.4 Å². The molecule has 2 aliphatic rings. The van der Waals surface area contributed by atoms with E-state index in [2.05, 4.69) is 10.6 Å². The van der Waals surface area contributed by atoms with E-state index in [1.54, 1.807) is 18.2 Å². The number of amides is 3. The minimum atomic E-state index is -0.486. The van der Waals surface area contributed by atoms with Gasteiger partial charge in [0.1, 0.15) is 0 Å². The molecule has 7 heteroatoms. The molecular weight excluding hydrogens is 386 g/mol. The SMILES string of the molecule is Cc1c(NC(=O)CC2Sc3ccccc3NC2=O)cccc1C(=O)N1CCCC1. The molecule has 29 heavy (non-hydrogen) atoms. The molecule has 0 aromatic heterocycles. The molecule has 0 radical (unpaired) electrons. The van der Waals surface area contributed by atoms with Crippen LogP contribution in [0.2, 0.25) is 0 Å². The number of nitrogens with zero attached hydrogens (tertiary/aromatic N) is 1. The molecule has 2 aromatic rings. The van der Waals surface area contributed by atoms with Crippen molar-refractivity contribution in [3.8, 4) is 0 Å². The molecule has 0 saturated carbocycles. The Bertz CT molecular complexity index is 970. The van der Waals surface area contributed by atoms with Crippen molar-refractivity contribution >= 4 is 40.9 Å². The Kier molecular flexibility index (Phi) is 5.58. The number of rotatable bonds is 4. The van der Waals surface area contributed by atoms with Crippen LogP contribution in [0, 0.1) is 6.92 Å². The minimum absolute atomic E-state index is 0.00919. The highest BCUT2D eigenvalue weighted by Gasteiger charge is 2.29. The third-order valence-electron chi connectivity index (χ3n) is 5.31. The van der Waals surface area contributed by atoms with Crippen LogP contribution in [-0.4, -0.2) is 41.0 Å². The van der Waals surface area contributed by atoms with E-state index < -0.39 is 5.25 Å². The Morgan fingerprint density at radius 2 is 1.90 bits per heavy atom. The molecule has 3 amide bonds. The van der Waals surface area contributed by atoms with E-state index in [9.17, 15) is 14.4 Å². The second kappa shape index (κ2) is 8.29. The molecule has 1 unspecified atom stereocenters. The number of hydrogen-bond donors (Lipinski definition) is 2.